The van der Waals surface area contributed by atoms with Gasteiger partial charge in [0.1, 0.15) is 0 Å². The standard InChI is InChI=1S/C13H22N2S/c1-11(12-4-3-9-16-12)15(2)10-13(5-6-13)7-8-14/h3-4,9,11H,5-8,10,14H2,1-2H3. The van der Waals surface area contributed by atoms with Crippen LogP contribution in [-0.4, -0.2) is 25.0 Å². The average Bonchev–Trinajstić information content (AvgIpc) is 2.83. The number of thiophene rings is 1. The summed E-state index contributed by atoms with van der Waals surface area (Å²) in [6.45, 7) is 4.33. The van der Waals surface area contributed by atoms with Gasteiger partial charge in [-0.05, 0) is 56.6 Å². The molecule has 1 fully saturated rings. The van der Waals surface area contributed by atoms with E-state index in [1.807, 2.05) is 11.3 Å². The molecule has 0 amide bonds. The Balaban J connectivity index is 1.90. The van der Waals surface area contributed by atoms with Gasteiger partial charge in [-0.15, -0.1) is 11.3 Å². The molecule has 0 saturated heterocycles. The monoisotopic (exact) mass is 238 g/mol. The third-order valence-corrected chi connectivity index (χ3v) is 4.88. The molecule has 1 aliphatic carbocycles. The molecule has 2 N–H and O–H groups in total. The van der Waals surface area contributed by atoms with Gasteiger partial charge < -0.3 is 5.73 Å². The third kappa shape index (κ3) is 2.65. The first-order chi connectivity index (χ1) is 7.67. The smallest absolute Gasteiger partial charge is 0.0410 e. The maximum absolute atomic E-state index is 5.68. The zero-order valence-corrected chi connectivity index (χ0v) is 11.1. The zero-order chi connectivity index (χ0) is 11.6. The topological polar surface area (TPSA) is 29.3 Å². The molecule has 1 aliphatic rings. The summed E-state index contributed by atoms with van der Waals surface area (Å²) in [5.74, 6) is 0. The summed E-state index contributed by atoms with van der Waals surface area (Å²) >= 11 is 1.85. The lowest BCUT2D eigenvalue weighted by molar-refractivity contribution is 0.206. The Morgan fingerprint density at radius 3 is 2.81 bits per heavy atom. The van der Waals surface area contributed by atoms with Crippen LogP contribution in [0.3, 0.4) is 0 Å². The quantitative estimate of drug-likeness (QED) is 0.825. The number of hydrogen-bond donors (Lipinski definition) is 1. The van der Waals surface area contributed by atoms with Crippen LogP contribution in [0.5, 0.6) is 0 Å². The van der Waals surface area contributed by atoms with Crippen LogP contribution in [0.25, 0.3) is 0 Å². The largest absolute Gasteiger partial charge is 0.330 e. The molecular weight excluding hydrogens is 216 g/mol. The van der Waals surface area contributed by atoms with E-state index in [0.29, 0.717) is 11.5 Å². The van der Waals surface area contributed by atoms with E-state index in [2.05, 4.69) is 36.4 Å². The molecule has 2 rings (SSSR count). The van der Waals surface area contributed by atoms with Crippen molar-refractivity contribution in [1.82, 2.24) is 4.90 Å². The van der Waals surface area contributed by atoms with E-state index in [4.69, 9.17) is 5.73 Å². The van der Waals surface area contributed by atoms with E-state index in [-0.39, 0.29) is 0 Å². The Hall–Kier alpha value is -0.380. The normalized spacial score (nSPS) is 20.0. The van der Waals surface area contributed by atoms with Gasteiger partial charge in [0.25, 0.3) is 0 Å². The fourth-order valence-corrected chi connectivity index (χ4v) is 3.23. The maximum Gasteiger partial charge on any atom is 0.0410 e. The zero-order valence-electron chi connectivity index (χ0n) is 10.3. The number of nitrogens with zero attached hydrogens (tertiary/aromatic N) is 1. The molecule has 16 heavy (non-hydrogen) atoms. The number of hydrogen-bond acceptors (Lipinski definition) is 3. The molecule has 90 valence electrons. The second-order valence-corrected chi connectivity index (χ2v) is 6.12. The SMILES string of the molecule is CC(c1cccs1)N(C)CC1(CCN)CC1. The van der Waals surface area contributed by atoms with E-state index < -0.39 is 0 Å². The van der Waals surface area contributed by atoms with Crippen LogP contribution in [0.1, 0.15) is 37.1 Å². The van der Waals surface area contributed by atoms with Gasteiger partial charge in [-0.25, -0.2) is 0 Å². The lowest BCUT2D eigenvalue weighted by Gasteiger charge is -2.28. The number of nitrogens with two attached hydrogens (primary N) is 1. The second kappa shape index (κ2) is 4.86. The molecule has 0 aromatic carbocycles. The summed E-state index contributed by atoms with van der Waals surface area (Å²) in [5.41, 5.74) is 6.24. The van der Waals surface area contributed by atoms with Gasteiger partial charge >= 0.3 is 0 Å². The molecular formula is C13H22N2S. The van der Waals surface area contributed by atoms with Crippen LogP contribution in [0.2, 0.25) is 0 Å². The molecule has 1 unspecified atom stereocenters. The van der Waals surface area contributed by atoms with Crippen LogP contribution in [0.4, 0.5) is 0 Å². The van der Waals surface area contributed by atoms with Crippen LogP contribution in [0, 0.1) is 5.41 Å². The van der Waals surface area contributed by atoms with E-state index >= 15 is 0 Å². The van der Waals surface area contributed by atoms with Crippen molar-refractivity contribution < 1.29 is 0 Å². The highest BCUT2D eigenvalue weighted by Crippen LogP contribution is 2.49. The van der Waals surface area contributed by atoms with Crippen molar-refractivity contribution in [3.8, 4) is 0 Å². The Labute approximate surface area is 102 Å². The molecule has 0 bridgehead atoms. The molecule has 2 nitrogen and oxygen atoms in total. The van der Waals surface area contributed by atoms with Crippen molar-refractivity contribution in [3.63, 3.8) is 0 Å². The highest BCUT2D eigenvalue weighted by Gasteiger charge is 2.42. The van der Waals surface area contributed by atoms with Crippen molar-refractivity contribution >= 4 is 11.3 Å². The Bertz CT molecular complexity index is 317. The van der Waals surface area contributed by atoms with Crippen LogP contribution < -0.4 is 5.73 Å². The molecule has 3 heteroatoms. The molecule has 0 spiro atoms. The molecule has 1 heterocycles. The van der Waals surface area contributed by atoms with Crippen molar-refractivity contribution in [2.45, 2.75) is 32.2 Å². The van der Waals surface area contributed by atoms with E-state index in [1.165, 1.54) is 30.7 Å². The minimum absolute atomic E-state index is 0.537. The van der Waals surface area contributed by atoms with Crippen LogP contribution in [0.15, 0.2) is 17.5 Å². The summed E-state index contributed by atoms with van der Waals surface area (Å²) < 4.78 is 0. The molecule has 0 aliphatic heterocycles. The lowest BCUT2D eigenvalue weighted by atomic mass is 10.0. The van der Waals surface area contributed by atoms with Crippen LogP contribution >= 0.6 is 11.3 Å². The summed E-state index contributed by atoms with van der Waals surface area (Å²) in [7, 11) is 2.24. The first kappa shape index (κ1) is 12.1. The van der Waals surface area contributed by atoms with Gasteiger partial charge in [0.2, 0.25) is 0 Å². The minimum Gasteiger partial charge on any atom is -0.330 e. The Kier molecular flexibility index (Phi) is 3.67. The molecule has 1 saturated carbocycles. The van der Waals surface area contributed by atoms with Gasteiger partial charge in [-0.3, -0.25) is 4.90 Å². The number of rotatable bonds is 6. The first-order valence-corrected chi connectivity index (χ1v) is 6.98. The van der Waals surface area contributed by atoms with Gasteiger partial charge in [0.05, 0.1) is 0 Å². The molecule has 1 aromatic rings. The van der Waals surface area contributed by atoms with Crippen molar-refractivity contribution in [3.05, 3.63) is 22.4 Å². The molecule has 0 radical (unpaired) electrons. The fourth-order valence-electron chi connectivity index (χ4n) is 2.38. The highest BCUT2D eigenvalue weighted by atomic mass is 32.1. The van der Waals surface area contributed by atoms with Gasteiger partial charge in [0.15, 0.2) is 0 Å². The predicted octanol–water partition coefficient (Wildman–Crippen LogP) is 2.87. The van der Waals surface area contributed by atoms with Gasteiger partial charge in [-0.2, -0.15) is 0 Å². The van der Waals surface area contributed by atoms with Crippen molar-refractivity contribution in [1.29, 1.82) is 0 Å². The van der Waals surface area contributed by atoms with E-state index in [0.717, 1.165) is 6.54 Å². The molecule has 1 atom stereocenters. The molecule has 1 aromatic heterocycles. The summed E-state index contributed by atoms with van der Waals surface area (Å²) in [5, 5.41) is 2.16. The third-order valence-electron chi connectivity index (χ3n) is 3.83. The summed E-state index contributed by atoms with van der Waals surface area (Å²) in [6.07, 6.45) is 3.92. The Morgan fingerprint density at radius 2 is 2.31 bits per heavy atom. The minimum atomic E-state index is 0.537. The van der Waals surface area contributed by atoms with Gasteiger partial charge in [-0.1, -0.05) is 6.07 Å². The van der Waals surface area contributed by atoms with Crippen LogP contribution in [-0.2, 0) is 0 Å². The Morgan fingerprint density at radius 1 is 1.56 bits per heavy atom. The average molecular weight is 238 g/mol. The second-order valence-electron chi connectivity index (χ2n) is 5.15. The maximum atomic E-state index is 5.68. The van der Waals surface area contributed by atoms with E-state index in [9.17, 15) is 0 Å². The van der Waals surface area contributed by atoms with Crippen molar-refractivity contribution in [2.75, 3.05) is 20.1 Å². The predicted molar refractivity (Wildman–Crippen MR) is 70.7 cm³/mol. The summed E-state index contributed by atoms with van der Waals surface area (Å²) in [4.78, 5) is 3.94. The van der Waals surface area contributed by atoms with Crippen molar-refractivity contribution in [2.24, 2.45) is 11.1 Å². The van der Waals surface area contributed by atoms with E-state index in [1.54, 1.807) is 0 Å². The fraction of sp³-hybridized carbons (Fsp3) is 0.692. The lowest BCUT2D eigenvalue weighted by Crippen LogP contribution is -2.30. The first-order valence-electron chi connectivity index (χ1n) is 6.11. The van der Waals surface area contributed by atoms with Gasteiger partial charge in [0, 0.05) is 17.5 Å². The summed E-state index contributed by atoms with van der Waals surface area (Å²) in [6, 6.07) is 4.90. The highest BCUT2D eigenvalue weighted by molar-refractivity contribution is 7.10.